The van der Waals surface area contributed by atoms with Crippen LogP contribution in [0.15, 0.2) is 121 Å². The summed E-state index contributed by atoms with van der Waals surface area (Å²) in [5.41, 5.74) is 12.8. The number of rotatable bonds is 3. The standard InChI is InChI=1S/C34H28N2/c1-34(2)29-13-7-6-12-27(29)28-22-25(18-21-30(28)34)33-35-31-14-8-9-15-32(31)36(33)26-19-16-24(17-20-26)23-10-4-3-5-11-23/h3-22,33,35H,1-2H3. The number of nitrogens with zero attached hydrogens (tertiary/aromatic N) is 1. The number of para-hydroxylation sites is 2. The van der Waals surface area contributed by atoms with E-state index < -0.39 is 0 Å². The van der Waals surface area contributed by atoms with Crippen molar-refractivity contribution in [2.45, 2.75) is 25.4 Å². The van der Waals surface area contributed by atoms with Gasteiger partial charge in [0.15, 0.2) is 0 Å². The minimum absolute atomic E-state index is 0.0173. The summed E-state index contributed by atoms with van der Waals surface area (Å²) < 4.78 is 0. The maximum Gasteiger partial charge on any atom is 0.130 e. The van der Waals surface area contributed by atoms with E-state index in [4.69, 9.17) is 0 Å². The second kappa shape index (κ2) is 7.86. The molecule has 1 aliphatic heterocycles. The van der Waals surface area contributed by atoms with Gasteiger partial charge in [0, 0.05) is 11.1 Å². The fraction of sp³-hybridized carbons (Fsp3) is 0.118. The number of hydrogen-bond acceptors (Lipinski definition) is 2. The van der Waals surface area contributed by atoms with Gasteiger partial charge in [-0.25, -0.2) is 0 Å². The third-order valence-electron chi connectivity index (χ3n) is 7.89. The molecule has 2 heteroatoms. The Morgan fingerprint density at radius 2 is 1.28 bits per heavy atom. The zero-order valence-electron chi connectivity index (χ0n) is 20.6. The molecular formula is C34H28N2. The molecule has 1 aliphatic carbocycles. The molecule has 0 spiro atoms. The Labute approximate surface area is 212 Å². The lowest BCUT2D eigenvalue weighted by molar-refractivity contribution is 0.659. The molecule has 36 heavy (non-hydrogen) atoms. The van der Waals surface area contributed by atoms with E-state index in [1.807, 2.05) is 0 Å². The molecular weight excluding hydrogens is 436 g/mol. The summed E-state index contributed by atoms with van der Waals surface area (Å²) in [6.07, 6.45) is 0.0196. The molecule has 2 nitrogen and oxygen atoms in total. The van der Waals surface area contributed by atoms with Crippen LogP contribution in [0.1, 0.15) is 36.7 Å². The van der Waals surface area contributed by atoms with Gasteiger partial charge in [-0.3, -0.25) is 0 Å². The number of benzene rings is 5. The Morgan fingerprint density at radius 1 is 0.611 bits per heavy atom. The first-order valence-corrected chi connectivity index (χ1v) is 12.7. The molecule has 5 aromatic carbocycles. The first kappa shape index (κ1) is 21.0. The zero-order chi connectivity index (χ0) is 24.3. The van der Waals surface area contributed by atoms with Crippen molar-refractivity contribution < 1.29 is 0 Å². The van der Waals surface area contributed by atoms with Gasteiger partial charge in [0.25, 0.3) is 0 Å². The molecule has 0 bridgehead atoms. The second-order valence-electron chi connectivity index (χ2n) is 10.3. The van der Waals surface area contributed by atoms with Crippen LogP contribution in [0, 0.1) is 0 Å². The van der Waals surface area contributed by atoms with Crippen molar-refractivity contribution in [1.82, 2.24) is 0 Å². The summed E-state index contributed by atoms with van der Waals surface area (Å²) in [4.78, 5) is 2.43. The summed E-state index contributed by atoms with van der Waals surface area (Å²) in [5, 5.41) is 3.81. The predicted octanol–water partition coefficient (Wildman–Crippen LogP) is 8.92. The molecule has 0 aromatic heterocycles. The lowest BCUT2D eigenvalue weighted by Crippen LogP contribution is -2.23. The van der Waals surface area contributed by atoms with E-state index in [1.54, 1.807) is 0 Å². The SMILES string of the molecule is CC1(C)c2ccccc2-c2cc(C3Nc4ccccc4N3c3ccc(-c4ccccc4)cc3)ccc21. The number of anilines is 3. The van der Waals surface area contributed by atoms with Crippen molar-refractivity contribution in [3.8, 4) is 22.3 Å². The highest BCUT2D eigenvalue weighted by molar-refractivity contribution is 5.85. The molecule has 1 heterocycles. The van der Waals surface area contributed by atoms with Crippen LogP contribution in [-0.2, 0) is 5.41 Å². The molecule has 1 unspecified atom stereocenters. The fourth-order valence-electron chi connectivity index (χ4n) is 6.03. The maximum atomic E-state index is 3.81. The average Bonchev–Trinajstić information content (AvgIpc) is 3.43. The Balaban J connectivity index is 1.32. The van der Waals surface area contributed by atoms with E-state index in [0.29, 0.717) is 0 Å². The number of hydrogen-bond donors (Lipinski definition) is 1. The predicted molar refractivity (Wildman–Crippen MR) is 151 cm³/mol. The van der Waals surface area contributed by atoms with E-state index in [0.717, 1.165) is 5.69 Å². The molecule has 0 radical (unpaired) electrons. The van der Waals surface area contributed by atoms with Crippen molar-refractivity contribution in [2.24, 2.45) is 0 Å². The molecule has 174 valence electrons. The van der Waals surface area contributed by atoms with Gasteiger partial charge >= 0.3 is 0 Å². The summed E-state index contributed by atoms with van der Waals surface area (Å²) in [7, 11) is 0. The topological polar surface area (TPSA) is 15.3 Å². The molecule has 0 fully saturated rings. The second-order valence-corrected chi connectivity index (χ2v) is 10.3. The fourth-order valence-corrected chi connectivity index (χ4v) is 6.03. The first-order valence-electron chi connectivity index (χ1n) is 12.7. The van der Waals surface area contributed by atoms with Crippen LogP contribution in [-0.4, -0.2) is 0 Å². The number of nitrogens with one attached hydrogen (secondary N) is 1. The first-order chi connectivity index (χ1) is 17.6. The normalized spacial score (nSPS) is 16.7. The van der Waals surface area contributed by atoms with E-state index >= 15 is 0 Å². The Hall–Kier alpha value is -4.30. The summed E-state index contributed by atoms with van der Waals surface area (Å²) in [5.74, 6) is 0. The van der Waals surface area contributed by atoms with Gasteiger partial charge in [-0.2, -0.15) is 0 Å². The zero-order valence-corrected chi connectivity index (χ0v) is 20.6. The van der Waals surface area contributed by atoms with Gasteiger partial charge in [0.05, 0.1) is 11.4 Å². The van der Waals surface area contributed by atoms with Crippen molar-refractivity contribution >= 4 is 17.1 Å². The minimum Gasteiger partial charge on any atom is -0.359 e. The molecule has 2 aliphatic rings. The molecule has 0 saturated carbocycles. The van der Waals surface area contributed by atoms with Crippen molar-refractivity contribution in [3.63, 3.8) is 0 Å². The molecule has 7 rings (SSSR count). The summed E-state index contributed by atoms with van der Waals surface area (Å²) in [6, 6.07) is 44.0. The molecule has 0 saturated heterocycles. The van der Waals surface area contributed by atoms with E-state index in [9.17, 15) is 0 Å². The largest absolute Gasteiger partial charge is 0.359 e. The van der Waals surface area contributed by atoms with E-state index in [1.165, 1.54) is 50.3 Å². The van der Waals surface area contributed by atoms with Gasteiger partial charge in [-0.15, -0.1) is 0 Å². The molecule has 1 N–H and O–H groups in total. The van der Waals surface area contributed by atoms with E-state index in [-0.39, 0.29) is 11.6 Å². The smallest absolute Gasteiger partial charge is 0.130 e. The lowest BCUT2D eigenvalue weighted by Gasteiger charge is -2.28. The van der Waals surface area contributed by atoms with Crippen LogP contribution in [0.25, 0.3) is 22.3 Å². The maximum absolute atomic E-state index is 3.81. The summed E-state index contributed by atoms with van der Waals surface area (Å²) >= 11 is 0. The van der Waals surface area contributed by atoms with Crippen molar-refractivity contribution in [3.05, 3.63) is 138 Å². The Kier molecular flexibility index (Phi) is 4.59. The van der Waals surface area contributed by atoms with Crippen molar-refractivity contribution in [2.75, 3.05) is 10.2 Å². The quantitative estimate of drug-likeness (QED) is 0.287. The van der Waals surface area contributed by atoms with Gasteiger partial charge < -0.3 is 10.2 Å². The van der Waals surface area contributed by atoms with Crippen molar-refractivity contribution in [1.29, 1.82) is 0 Å². The van der Waals surface area contributed by atoms with Gasteiger partial charge in [-0.05, 0) is 69.3 Å². The molecule has 5 aromatic rings. The monoisotopic (exact) mass is 464 g/mol. The lowest BCUT2D eigenvalue weighted by atomic mass is 9.82. The Morgan fingerprint density at radius 3 is 2.11 bits per heavy atom. The van der Waals surface area contributed by atoms with Crippen LogP contribution >= 0.6 is 0 Å². The average molecular weight is 465 g/mol. The minimum atomic E-state index is 0.0173. The highest BCUT2D eigenvalue weighted by atomic mass is 15.3. The molecule has 0 amide bonds. The van der Waals surface area contributed by atoms with Crippen LogP contribution in [0.2, 0.25) is 0 Å². The van der Waals surface area contributed by atoms with Gasteiger partial charge in [0.1, 0.15) is 6.17 Å². The van der Waals surface area contributed by atoms with Gasteiger partial charge in [-0.1, -0.05) is 105 Å². The van der Waals surface area contributed by atoms with Gasteiger partial charge in [0.2, 0.25) is 0 Å². The molecule has 1 atom stereocenters. The third-order valence-corrected chi connectivity index (χ3v) is 7.89. The summed E-state index contributed by atoms with van der Waals surface area (Å²) in [6.45, 7) is 4.67. The third kappa shape index (κ3) is 3.11. The van der Waals surface area contributed by atoms with Crippen LogP contribution in [0.4, 0.5) is 17.1 Å². The highest BCUT2D eigenvalue weighted by Gasteiger charge is 2.37. The van der Waals surface area contributed by atoms with Crippen LogP contribution < -0.4 is 10.2 Å². The Bertz CT molecular complexity index is 1580. The van der Waals surface area contributed by atoms with Crippen LogP contribution in [0.3, 0.4) is 0 Å². The number of fused-ring (bicyclic) bond motifs is 4. The van der Waals surface area contributed by atoms with Crippen LogP contribution in [0.5, 0.6) is 0 Å². The van der Waals surface area contributed by atoms with E-state index in [2.05, 4.69) is 145 Å². The highest BCUT2D eigenvalue weighted by Crippen LogP contribution is 2.51.